The number of amides is 1. The lowest BCUT2D eigenvalue weighted by molar-refractivity contribution is -0.134. The normalized spacial score (nSPS) is 22.9. The zero-order valence-electron chi connectivity index (χ0n) is 9.07. The maximum atomic E-state index is 13.4. The number of hydrogen-bond acceptors (Lipinski definition) is 2. The lowest BCUT2D eigenvalue weighted by atomic mass is 10.1. The summed E-state index contributed by atoms with van der Waals surface area (Å²) >= 11 is 0. The Bertz CT molecular complexity index is 394. The van der Waals surface area contributed by atoms with Gasteiger partial charge in [-0.1, -0.05) is 18.2 Å². The van der Waals surface area contributed by atoms with Crippen LogP contribution in [0.5, 0.6) is 0 Å². The van der Waals surface area contributed by atoms with Gasteiger partial charge in [0.2, 0.25) is 5.91 Å². The van der Waals surface area contributed by atoms with E-state index >= 15 is 0 Å². The average molecular weight is 223 g/mol. The molecule has 0 saturated heterocycles. The smallest absolute Gasteiger partial charge is 0.247 e. The van der Waals surface area contributed by atoms with Crippen LogP contribution in [0.3, 0.4) is 0 Å². The van der Waals surface area contributed by atoms with Crippen LogP contribution in [-0.4, -0.2) is 12.5 Å². The molecular formula is C12H14FNO2. The number of hydrogen-bond donors (Lipinski definition) is 1. The summed E-state index contributed by atoms with van der Waals surface area (Å²) in [6, 6.07) is 6.59. The Morgan fingerprint density at radius 2 is 2.31 bits per heavy atom. The summed E-state index contributed by atoms with van der Waals surface area (Å²) in [5, 5.41) is 0. The van der Waals surface area contributed by atoms with Gasteiger partial charge >= 0.3 is 0 Å². The van der Waals surface area contributed by atoms with Gasteiger partial charge in [0.25, 0.3) is 0 Å². The second-order valence-corrected chi connectivity index (χ2v) is 3.87. The van der Waals surface area contributed by atoms with E-state index in [1.807, 2.05) is 0 Å². The Balaban J connectivity index is 1.96. The Morgan fingerprint density at radius 1 is 1.56 bits per heavy atom. The molecule has 1 aromatic rings. The standard InChI is InChI=1S/C12H14FNO2/c1-2-16-14-12(15)10-7-9(10)8-5-3-4-6-11(8)13/h3-6,9-10H,2,7H2,1H3,(H,14,15)/t9-,10-/m1/s1. The van der Waals surface area contributed by atoms with E-state index < -0.39 is 0 Å². The summed E-state index contributed by atoms with van der Waals surface area (Å²) < 4.78 is 13.4. The van der Waals surface area contributed by atoms with E-state index in [9.17, 15) is 9.18 Å². The van der Waals surface area contributed by atoms with Crippen LogP contribution in [0.25, 0.3) is 0 Å². The molecule has 1 saturated carbocycles. The maximum Gasteiger partial charge on any atom is 0.247 e. The van der Waals surface area contributed by atoms with Crippen LogP contribution >= 0.6 is 0 Å². The molecule has 1 aliphatic rings. The minimum Gasteiger partial charge on any atom is -0.274 e. The summed E-state index contributed by atoms with van der Waals surface area (Å²) in [6.45, 7) is 2.23. The molecule has 1 amide bonds. The highest BCUT2D eigenvalue weighted by Gasteiger charge is 2.45. The first kappa shape index (κ1) is 11.1. The highest BCUT2D eigenvalue weighted by Crippen LogP contribution is 2.48. The SMILES string of the molecule is CCONC(=O)[C@@H]1C[C@@H]1c1ccccc1F. The molecule has 86 valence electrons. The molecule has 16 heavy (non-hydrogen) atoms. The number of halogens is 1. The Hall–Kier alpha value is -1.42. The van der Waals surface area contributed by atoms with Crippen molar-refractivity contribution in [3.63, 3.8) is 0 Å². The van der Waals surface area contributed by atoms with Crippen molar-refractivity contribution in [2.24, 2.45) is 5.92 Å². The third kappa shape index (κ3) is 2.22. The third-order valence-electron chi connectivity index (χ3n) is 2.75. The summed E-state index contributed by atoms with van der Waals surface area (Å²) in [5.74, 6) is -0.542. The second kappa shape index (κ2) is 4.61. The molecule has 0 aromatic heterocycles. The molecule has 2 atom stereocenters. The van der Waals surface area contributed by atoms with E-state index in [0.717, 1.165) is 0 Å². The van der Waals surface area contributed by atoms with Crippen molar-refractivity contribution in [3.05, 3.63) is 35.6 Å². The van der Waals surface area contributed by atoms with Gasteiger partial charge in [-0.2, -0.15) is 0 Å². The summed E-state index contributed by atoms with van der Waals surface area (Å²) in [4.78, 5) is 16.3. The minimum atomic E-state index is -0.237. The number of carbonyl (C=O) groups excluding carboxylic acids is 1. The molecule has 0 unspecified atom stereocenters. The Morgan fingerprint density at radius 3 is 3.00 bits per heavy atom. The predicted molar refractivity (Wildman–Crippen MR) is 57.0 cm³/mol. The first-order valence-corrected chi connectivity index (χ1v) is 5.40. The van der Waals surface area contributed by atoms with Crippen LogP contribution in [0, 0.1) is 11.7 Å². The number of hydroxylamine groups is 1. The summed E-state index contributed by atoms with van der Waals surface area (Å²) in [7, 11) is 0. The number of carbonyl (C=O) groups is 1. The highest BCUT2D eigenvalue weighted by molar-refractivity contribution is 5.81. The Kier molecular flexibility index (Phi) is 3.19. The molecule has 0 heterocycles. The quantitative estimate of drug-likeness (QED) is 0.793. The predicted octanol–water partition coefficient (Wildman–Crippen LogP) is 2.00. The molecule has 0 radical (unpaired) electrons. The lowest BCUT2D eigenvalue weighted by Crippen LogP contribution is -2.25. The topological polar surface area (TPSA) is 38.3 Å². The van der Waals surface area contributed by atoms with Gasteiger partial charge in [0.1, 0.15) is 5.82 Å². The molecule has 0 bridgehead atoms. The second-order valence-electron chi connectivity index (χ2n) is 3.87. The third-order valence-corrected chi connectivity index (χ3v) is 2.75. The van der Waals surface area contributed by atoms with Crippen molar-refractivity contribution in [2.45, 2.75) is 19.3 Å². The first-order valence-electron chi connectivity index (χ1n) is 5.40. The van der Waals surface area contributed by atoms with Crippen LogP contribution in [0.15, 0.2) is 24.3 Å². The number of nitrogens with one attached hydrogen (secondary N) is 1. The molecule has 4 heteroatoms. The van der Waals surface area contributed by atoms with E-state index in [1.54, 1.807) is 25.1 Å². The van der Waals surface area contributed by atoms with Crippen molar-refractivity contribution in [2.75, 3.05) is 6.61 Å². The van der Waals surface area contributed by atoms with Gasteiger partial charge in [-0.25, -0.2) is 9.87 Å². The van der Waals surface area contributed by atoms with Crippen molar-refractivity contribution in [1.29, 1.82) is 0 Å². The van der Waals surface area contributed by atoms with Gasteiger partial charge in [0, 0.05) is 5.92 Å². The van der Waals surface area contributed by atoms with Crippen molar-refractivity contribution < 1.29 is 14.0 Å². The van der Waals surface area contributed by atoms with Gasteiger partial charge in [-0.05, 0) is 30.9 Å². The molecule has 3 nitrogen and oxygen atoms in total. The molecular weight excluding hydrogens is 209 g/mol. The van der Waals surface area contributed by atoms with Crippen LogP contribution in [0.4, 0.5) is 4.39 Å². The molecule has 1 fully saturated rings. The molecule has 1 aliphatic carbocycles. The van der Waals surface area contributed by atoms with Crippen LogP contribution in [-0.2, 0) is 9.63 Å². The van der Waals surface area contributed by atoms with Crippen LogP contribution < -0.4 is 5.48 Å². The summed E-state index contributed by atoms with van der Waals surface area (Å²) in [6.07, 6.45) is 0.694. The zero-order valence-corrected chi connectivity index (χ0v) is 9.07. The Labute approximate surface area is 93.6 Å². The molecule has 1 N–H and O–H groups in total. The maximum absolute atomic E-state index is 13.4. The van der Waals surface area contributed by atoms with Crippen molar-refractivity contribution in [1.82, 2.24) is 5.48 Å². The van der Waals surface area contributed by atoms with Gasteiger partial charge in [-0.15, -0.1) is 0 Å². The average Bonchev–Trinajstić information content (AvgIpc) is 3.06. The van der Waals surface area contributed by atoms with E-state index in [-0.39, 0.29) is 23.6 Å². The first-order chi connectivity index (χ1) is 7.74. The molecule has 1 aromatic carbocycles. The number of rotatable bonds is 4. The fraction of sp³-hybridized carbons (Fsp3) is 0.417. The monoisotopic (exact) mass is 223 g/mol. The molecule has 0 spiro atoms. The van der Waals surface area contributed by atoms with E-state index in [2.05, 4.69) is 5.48 Å². The van der Waals surface area contributed by atoms with Crippen molar-refractivity contribution >= 4 is 5.91 Å². The summed E-state index contributed by atoms with van der Waals surface area (Å²) in [5.41, 5.74) is 2.98. The van der Waals surface area contributed by atoms with E-state index in [4.69, 9.17) is 4.84 Å². The minimum absolute atomic E-state index is 0.00153. The van der Waals surface area contributed by atoms with Crippen LogP contribution in [0.2, 0.25) is 0 Å². The van der Waals surface area contributed by atoms with Gasteiger partial charge < -0.3 is 0 Å². The van der Waals surface area contributed by atoms with Gasteiger partial charge in [0.05, 0.1) is 6.61 Å². The van der Waals surface area contributed by atoms with Crippen molar-refractivity contribution in [3.8, 4) is 0 Å². The lowest BCUT2D eigenvalue weighted by Gasteiger charge is -2.03. The van der Waals surface area contributed by atoms with E-state index in [0.29, 0.717) is 18.6 Å². The van der Waals surface area contributed by atoms with E-state index in [1.165, 1.54) is 6.07 Å². The number of benzene rings is 1. The fourth-order valence-corrected chi connectivity index (χ4v) is 1.82. The largest absolute Gasteiger partial charge is 0.274 e. The highest BCUT2D eigenvalue weighted by atomic mass is 19.1. The zero-order chi connectivity index (χ0) is 11.5. The van der Waals surface area contributed by atoms with Gasteiger partial charge in [-0.3, -0.25) is 9.63 Å². The van der Waals surface area contributed by atoms with Crippen LogP contribution in [0.1, 0.15) is 24.8 Å². The fourth-order valence-electron chi connectivity index (χ4n) is 1.82. The molecule has 0 aliphatic heterocycles. The van der Waals surface area contributed by atoms with Gasteiger partial charge in [0.15, 0.2) is 0 Å². The molecule has 2 rings (SSSR count).